The van der Waals surface area contributed by atoms with Gasteiger partial charge >= 0.3 is 0 Å². The molecule has 0 radical (unpaired) electrons. The van der Waals surface area contributed by atoms with Gasteiger partial charge in [-0.3, -0.25) is 0 Å². The first kappa shape index (κ1) is 11.3. The van der Waals surface area contributed by atoms with Crippen LogP contribution in [0.5, 0.6) is 0 Å². The summed E-state index contributed by atoms with van der Waals surface area (Å²) in [4.78, 5) is 0. The van der Waals surface area contributed by atoms with Crippen LogP contribution in [-0.4, -0.2) is 16.5 Å². The maximum atomic E-state index is 5.51. The van der Waals surface area contributed by atoms with Crippen LogP contribution in [-0.2, 0) is 0 Å². The van der Waals surface area contributed by atoms with Crippen molar-refractivity contribution in [3.63, 3.8) is 0 Å². The van der Waals surface area contributed by atoms with Gasteiger partial charge in [-0.25, -0.2) is 0 Å². The topological polar surface area (TPSA) is 26.0 Å². The van der Waals surface area contributed by atoms with Crippen LogP contribution >= 0.6 is 11.8 Å². The smallest absolute Gasteiger partial charge is 0.00778 e. The zero-order chi connectivity index (χ0) is 8.91. The molecule has 2 N–H and O–H groups in total. The molecule has 0 aromatic heterocycles. The Kier molecular flexibility index (Phi) is 5.19. The zero-order valence-electron chi connectivity index (χ0n) is 8.18. The normalized spacial score (nSPS) is 15.0. The van der Waals surface area contributed by atoms with Crippen LogP contribution in [0.25, 0.3) is 0 Å². The molecule has 0 bridgehead atoms. The van der Waals surface area contributed by atoms with Crippen molar-refractivity contribution in [2.24, 2.45) is 5.73 Å². The second-order valence-electron chi connectivity index (χ2n) is 3.84. The third-order valence-electron chi connectivity index (χ3n) is 1.46. The standard InChI is InChI=1S/C9H21NS/c1-5-8(6-7-10)11-9(2,3)4/h8H,5-7,10H2,1-4H3. The van der Waals surface area contributed by atoms with Crippen molar-refractivity contribution in [2.75, 3.05) is 6.54 Å². The average molecular weight is 175 g/mol. The highest BCUT2D eigenvalue weighted by Gasteiger charge is 2.16. The van der Waals surface area contributed by atoms with Crippen molar-refractivity contribution >= 4 is 11.8 Å². The molecular weight excluding hydrogens is 154 g/mol. The summed E-state index contributed by atoms with van der Waals surface area (Å²) in [7, 11) is 0. The summed E-state index contributed by atoms with van der Waals surface area (Å²) in [6, 6.07) is 0. The second-order valence-corrected chi connectivity index (χ2v) is 5.96. The van der Waals surface area contributed by atoms with Crippen molar-refractivity contribution in [3.05, 3.63) is 0 Å². The molecule has 0 spiro atoms. The quantitative estimate of drug-likeness (QED) is 0.711. The van der Waals surface area contributed by atoms with E-state index in [0.29, 0.717) is 4.75 Å². The predicted molar refractivity (Wildman–Crippen MR) is 55.1 cm³/mol. The molecule has 1 unspecified atom stereocenters. The molecule has 0 amide bonds. The Bertz CT molecular complexity index is 96.2. The maximum Gasteiger partial charge on any atom is 0.00778 e. The molecular formula is C9H21NS. The third-order valence-corrected chi connectivity index (χ3v) is 3.07. The van der Waals surface area contributed by atoms with E-state index in [1.165, 1.54) is 6.42 Å². The average Bonchev–Trinajstić information content (AvgIpc) is 1.84. The largest absolute Gasteiger partial charge is 0.330 e. The van der Waals surface area contributed by atoms with Gasteiger partial charge in [0.25, 0.3) is 0 Å². The fourth-order valence-corrected chi connectivity index (χ4v) is 2.45. The Labute approximate surface area is 75.1 Å². The third kappa shape index (κ3) is 6.70. The van der Waals surface area contributed by atoms with Crippen LogP contribution in [0.1, 0.15) is 40.5 Å². The van der Waals surface area contributed by atoms with E-state index in [2.05, 4.69) is 27.7 Å². The van der Waals surface area contributed by atoms with Gasteiger partial charge in [0.05, 0.1) is 0 Å². The van der Waals surface area contributed by atoms with E-state index >= 15 is 0 Å². The van der Waals surface area contributed by atoms with E-state index in [-0.39, 0.29) is 0 Å². The van der Waals surface area contributed by atoms with E-state index in [0.717, 1.165) is 18.2 Å². The highest BCUT2D eigenvalue weighted by atomic mass is 32.2. The number of thioether (sulfide) groups is 1. The summed E-state index contributed by atoms with van der Waals surface area (Å²) in [5.41, 5.74) is 5.51. The molecule has 1 atom stereocenters. The lowest BCUT2D eigenvalue weighted by Gasteiger charge is -2.24. The van der Waals surface area contributed by atoms with Crippen LogP contribution in [0.4, 0.5) is 0 Å². The van der Waals surface area contributed by atoms with Crippen molar-refractivity contribution in [1.82, 2.24) is 0 Å². The summed E-state index contributed by atoms with van der Waals surface area (Å²) in [6.07, 6.45) is 2.39. The second kappa shape index (κ2) is 5.04. The fourth-order valence-electron chi connectivity index (χ4n) is 1.03. The van der Waals surface area contributed by atoms with E-state index in [4.69, 9.17) is 5.73 Å². The lowest BCUT2D eigenvalue weighted by atomic mass is 10.2. The van der Waals surface area contributed by atoms with E-state index in [9.17, 15) is 0 Å². The molecule has 0 heterocycles. The number of nitrogens with two attached hydrogens (primary N) is 1. The lowest BCUT2D eigenvalue weighted by Crippen LogP contribution is -2.18. The highest BCUT2D eigenvalue weighted by molar-refractivity contribution is 8.01. The van der Waals surface area contributed by atoms with Crippen LogP contribution in [0.2, 0.25) is 0 Å². The van der Waals surface area contributed by atoms with Gasteiger partial charge in [0, 0.05) is 10.00 Å². The van der Waals surface area contributed by atoms with Gasteiger partial charge in [-0.05, 0) is 19.4 Å². The first-order valence-corrected chi connectivity index (χ1v) is 5.25. The van der Waals surface area contributed by atoms with Crippen molar-refractivity contribution in [1.29, 1.82) is 0 Å². The number of hydrogen-bond donors (Lipinski definition) is 1. The molecule has 0 aromatic carbocycles. The molecule has 11 heavy (non-hydrogen) atoms. The summed E-state index contributed by atoms with van der Waals surface area (Å²) >= 11 is 2.05. The molecule has 0 aliphatic carbocycles. The minimum absolute atomic E-state index is 0.385. The fraction of sp³-hybridized carbons (Fsp3) is 1.00. The molecule has 0 saturated heterocycles. The van der Waals surface area contributed by atoms with Gasteiger partial charge in [0.2, 0.25) is 0 Å². The molecule has 0 aliphatic heterocycles. The van der Waals surface area contributed by atoms with Crippen molar-refractivity contribution < 1.29 is 0 Å². The molecule has 0 saturated carbocycles. The Morgan fingerprint density at radius 2 is 1.91 bits per heavy atom. The van der Waals surface area contributed by atoms with Gasteiger partial charge in [-0.15, -0.1) is 0 Å². The molecule has 0 aromatic rings. The van der Waals surface area contributed by atoms with E-state index in [1.807, 2.05) is 11.8 Å². The first-order valence-electron chi connectivity index (χ1n) is 4.37. The summed E-state index contributed by atoms with van der Waals surface area (Å²) in [6.45, 7) is 9.84. The molecule has 68 valence electrons. The maximum absolute atomic E-state index is 5.51. The van der Waals surface area contributed by atoms with Gasteiger partial charge < -0.3 is 5.73 Å². The van der Waals surface area contributed by atoms with Gasteiger partial charge in [0.15, 0.2) is 0 Å². The molecule has 2 heteroatoms. The van der Waals surface area contributed by atoms with Crippen molar-refractivity contribution in [2.45, 2.75) is 50.5 Å². The van der Waals surface area contributed by atoms with Crippen LogP contribution in [0.3, 0.4) is 0 Å². The Morgan fingerprint density at radius 1 is 1.36 bits per heavy atom. The lowest BCUT2D eigenvalue weighted by molar-refractivity contribution is 0.719. The van der Waals surface area contributed by atoms with Crippen LogP contribution in [0.15, 0.2) is 0 Å². The number of rotatable bonds is 4. The Hall–Kier alpha value is 0.310. The Balaban J connectivity index is 3.68. The molecule has 1 nitrogen and oxygen atoms in total. The van der Waals surface area contributed by atoms with Gasteiger partial charge in [-0.2, -0.15) is 11.8 Å². The Morgan fingerprint density at radius 3 is 2.18 bits per heavy atom. The van der Waals surface area contributed by atoms with Gasteiger partial charge in [-0.1, -0.05) is 27.7 Å². The molecule has 0 fully saturated rings. The number of hydrogen-bond acceptors (Lipinski definition) is 2. The van der Waals surface area contributed by atoms with Crippen LogP contribution in [0, 0.1) is 0 Å². The summed E-state index contributed by atoms with van der Waals surface area (Å²) in [5.74, 6) is 0. The summed E-state index contributed by atoms with van der Waals surface area (Å²) in [5, 5.41) is 0.750. The highest BCUT2D eigenvalue weighted by Crippen LogP contribution is 2.31. The first-order chi connectivity index (χ1) is 4.99. The van der Waals surface area contributed by atoms with Crippen molar-refractivity contribution in [3.8, 4) is 0 Å². The van der Waals surface area contributed by atoms with E-state index in [1.54, 1.807) is 0 Å². The van der Waals surface area contributed by atoms with Crippen LogP contribution < -0.4 is 5.73 Å². The monoisotopic (exact) mass is 175 g/mol. The molecule has 0 rings (SSSR count). The zero-order valence-corrected chi connectivity index (χ0v) is 9.00. The SMILES string of the molecule is CCC(CCN)SC(C)(C)C. The minimum atomic E-state index is 0.385. The van der Waals surface area contributed by atoms with Gasteiger partial charge in [0.1, 0.15) is 0 Å². The molecule has 0 aliphatic rings. The predicted octanol–water partition coefficient (Wildman–Crippen LogP) is 2.65. The summed E-state index contributed by atoms with van der Waals surface area (Å²) < 4.78 is 0.385. The van der Waals surface area contributed by atoms with E-state index < -0.39 is 0 Å². The minimum Gasteiger partial charge on any atom is -0.330 e.